The molecule has 0 spiro atoms. The van der Waals surface area contributed by atoms with Crippen molar-refractivity contribution in [3.8, 4) is 0 Å². The number of hydrogen-bond acceptors (Lipinski definition) is 2. The van der Waals surface area contributed by atoms with Gasteiger partial charge in [0, 0.05) is 7.05 Å². The minimum absolute atomic E-state index is 0.411. The van der Waals surface area contributed by atoms with Gasteiger partial charge < -0.3 is 0 Å². The zero-order chi connectivity index (χ0) is 13.3. The molecule has 0 atom stereocenters. The van der Waals surface area contributed by atoms with Gasteiger partial charge in [-0.3, -0.25) is 0 Å². The first-order valence-corrected chi connectivity index (χ1v) is 5.84. The quantitative estimate of drug-likeness (QED) is 0.621. The van der Waals surface area contributed by atoms with Gasteiger partial charge in [-0.05, 0) is 12.1 Å². The number of nitrogens with zero attached hydrogens (tertiary/aromatic N) is 1. The molecule has 0 aliphatic heterocycles. The number of hydrogen-bond donors (Lipinski definition) is 0. The van der Waals surface area contributed by atoms with E-state index in [4.69, 9.17) is 0 Å². The molecule has 0 saturated carbocycles. The van der Waals surface area contributed by atoms with Gasteiger partial charge >= 0.3 is 12.5 Å². The van der Waals surface area contributed by atoms with E-state index in [2.05, 4.69) is 0 Å². The molecule has 0 saturated heterocycles. The molecule has 3 nitrogen and oxygen atoms in total. The van der Waals surface area contributed by atoms with Crippen LogP contribution in [0.4, 0.5) is 17.6 Å². The topological polar surface area (TPSA) is 37.4 Å². The summed E-state index contributed by atoms with van der Waals surface area (Å²) >= 11 is 0. The SMILES string of the molecule is CN(C(F)(F)C(F)F)S(=O)(=O)c1ccccc1. The van der Waals surface area contributed by atoms with Crippen molar-refractivity contribution in [2.24, 2.45) is 0 Å². The Balaban J connectivity index is 3.17. The highest BCUT2D eigenvalue weighted by Gasteiger charge is 2.50. The van der Waals surface area contributed by atoms with Gasteiger partial charge in [0.05, 0.1) is 4.90 Å². The Morgan fingerprint density at radius 1 is 1.18 bits per heavy atom. The van der Waals surface area contributed by atoms with Gasteiger partial charge in [-0.15, -0.1) is 4.31 Å². The Kier molecular flexibility index (Phi) is 3.78. The van der Waals surface area contributed by atoms with Crippen LogP contribution in [-0.4, -0.2) is 32.2 Å². The van der Waals surface area contributed by atoms with Crippen LogP contribution in [0.3, 0.4) is 0 Å². The van der Waals surface area contributed by atoms with Crippen molar-refractivity contribution < 1.29 is 26.0 Å². The maximum Gasteiger partial charge on any atom is 0.377 e. The minimum Gasteiger partial charge on any atom is -0.207 e. The molecule has 8 heteroatoms. The van der Waals surface area contributed by atoms with E-state index >= 15 is 0 Å². The van der Waals surface area contributed by atoms with E-state index in [1.165, 1.54) is 18.2 Å². The standard InChI is InChI=1S/C9H9F4NO2S/c1-14(9(12,13)8(10)11)17(15,16)7-5-3-2-4-6-7/h2-6,8H,1H3. The maximum absolute atomic E-state index is 12.9. The molecule has 0 bridgehead atoms. The highest BCUT2D eigenvalue weighted by Crippen LogP contribution is 2.31. The third-order valence-electron chi connectivity index (χ3n) is 2.08. The Morgan fingerprint density at radius 3 is 2.06 bits per heavy atom. The number of benzene rings is 1. The van der Waals surface area contributed by atoms with E-state index in [-0.39, 0.29) is 0 Å². The van der Waals surface area contributed by atoms with Crippen LogP contribution >= 0.6 is 0 Å². The lowest BCUT2D eigenvalue weighted by Gasteiger charge is -2.25. The molecule has 1 aromatic carbocycles. The van der Waals surface area contributed by atoms with Crippen LogP contribution in [0.25, 0.3) is 0 Å². The van der Waals surface area contributed by atoms with Gasteiger partial charge in [0.25, 0.3) is 0 Å². The van der Waals surface area contributed by atoms with E-state index in [0.717, 1.165) is 12.1 Å². The highest BCUT2D eigenvalue weighted by molar-refractivity contribution is 7.89. The van der Waals surface area contributed by atoms with E-state index in [0.29, 0.717) is 7.05 Å². The Morgan fingerprint density at radius 2 is 1.65 bits per heavy atom. The first kappa shape index (κ1) is 13.9. The number of sulfonamides is 1. The summed E-state index contributed by atoms with van der Waals surface area (Å²) in [5.74, 6) is 0. The molecule has 0 radical (unpaired) electrons. The summed E-state index contributed by atoms with van der Waals surface area (Å²) < 4.78 is 72.5. The third-order valence-corrected chi connectivity index (χ3v) is 3.92. The van der Waals surface area contributed by atoms with Crippen molar-refractivity contribution in [3.63, 3.8) is 0 Å². The van der Waals surface area contributed by atoms with Crippen LogP contribution in [0.5, 0.6) is 0 Å². The van der Waals surface area contributed by atoms with Gasteiger partial charge in [0.2, 0.25) is 10.0 Å². The van der Waals surface area contributed by atoms with E-state index < -0.39 is 31.7 Å². The molecular weight excluding hydrogens is 262 g/mol. The lowest BCUT2D eigenvalue weighted by atomic mass is 10.4. The molecule has 0 unspecified atom stereocenters. The second kappa shape index (κ2) is 4.61. The summed E-state index contributed by atoms with van der Waals surface area (Å²) in [6.07, 6.45) is -4.09. The highest BCUT2D eigenvalue weighted by atomic mass is 32.2. The largest absolute Gasteiger partial charge is 0.377 e. The molecule has 1 rings (SSSR count). The molecule has 0 aromatic heterocycles. The van der Waals surface area contributed by atoms with Crippen LogP contribution in [0.2, 0.25) is 0 Å². The van der Waals surface area contributed by atoms with Crippen molar-refractivity contribution >= 4 is 10.0 Å². The predicted octanol–water partition coefficient (Wildman–Crippen LogP) is 2.17. The van der Waals surface area contributed by atoms with E-state index in [1.807, 2.05) is 0 Å². The molecule has 0 amide bonds. The van der Waals surface area contributed by atoms with Gasteiger partial charge in [-0.1, -0.05) is 18.2 Å². The summed E-state index contributed by atoms with van der Waals surface area (Å²) in [6, 6.07) is 1.45. The predicted molar refractivity (Wildman–Crippen MR) is 52.3 cm³/mol. The van der Waals surface area contributed by atoms with E-state index in [9.17, 15) is 26.0 Å². The molecule has 0 aliphatic rings. The summed E-state index contributed by atoms with van der Waals surface area (Å²) in [6.45, 7) is 0. The van der Waals surface area contributed by atoms with Crippen LogP contribution in [-0.2, 0) is 10.0 Å². The Hall–Kier alpha value is -1.15. The molecular formula is C9H9F4NO2S. The van der Waals surface area contributed by atoms with Gasteiger partial charge in [0.15, 0.2) is 0 Å². The van der Waals surface area contributed by atoms with Crippen LogP contribution < -0.4 is 0 Å². The van der Waals surface area contributed by atoms with Crippen molar-refractivity contribution in [1.82, 2.24) is 4.31 Å². The third kappa shape index (κ3) is 2.58. The summed E-state index contributed by atoms with van der Waals surface area (Å²) in [5.41, 5.74) is 0. The van der Waals surface area contributed by atoms with Crippen molar-refractivity contribution in [1.29, 1.82) is 0 Å². The fraction of sp³-hybridized carbons (Fsp3) is 0.333. The molecule has 0 N–H and O–H groups in total. The zero-order valence-corrected chi connectivity index (χ0v) is 9.46. The smallest absolute Gasteiger partial charge is 0.207 e. The Bertz CT molecular complexity index is 475. The molecule has 1 aromatic rings. The first-order valence-electron chi connectivity index (χ1n) is 4.40. The Labute approximate surface area is 95.7 Å². The van der Waals surface area contributed by atoms with Crippen LogP contribution in [0.15, 0.2) is 35.2 Å². The van der Waals surface area contributed by atoms with Gasteiger partial charge in [0.1, 0.15) is 0 Å². The molecule has 96 valence electrons. The average molecular weight is 271 g/mol. The monoisotopic (exact) mass is 271 g/mol. The number of rotatable bonds is 4. The second-order valence-electron chi connectivity index (χ2n) is 3.17. The number of alkyl halides is 4. The van der Waals surface area contributed by atoms with Crippen LogP contribution in [0, 0.1) is 0 Å². The van der Waals surface area contributed by atoms with Crippen LogP contribution in [0.1, 0.15) is 0 Å². The first-order chi connectivity index (χ1) is 7.70. The lowest BCUT2D eigenvalue weighted by Crippen LogP contribution is -2.47. The molecule has 17 heavy (non-hydrogen) atoms. The molecule has 0 aliphatic carbocycles. The van der Waals surface area contributed by atoms with Gasteiger partial charge in [-0.2, -0.15) is 8.78 Å². The fourth-order valence-electron chi connectivity index (χ4n) is 1.05. The van der Waals surface area contributed by atoms with Crippen molar-refractivity contribution in [3.05, 3.63) is 30.3 Å². The zero-order valence-electron chi connectivity index (χ0n) is 8.65. The average Bonchev–Trinajstić information content (AvgIpc) is 2.29. The van der Waals surface area contributed by atoms with E-state index in [1.54, 1.807) is 0 Å². The van der Waals surface area contributed by atoms with Crippen molar-refractivity contribution in [2.75, 3.05) is 7.05 Å². The lowest BCUT2D eigenvalue weighted by molar-refractivity contribution is -0.189. The summed E-state index contributed by atoms with van der Waals surface area (Å²) in [5, 5.41) is 0. The van der Waals surface area contributed by atoms with Crippen molar-refractivity contribution in [2.45, 2.75) is 17.4 Å². The second-order valence-corrected chi connectivity index (χ2v) is 5.14. The summed E-state index contributed by atoms with van der Waals surface area (Å²) in [4.78, 5) is -0.470. The minimum atomic E-state index is -4.74. The van der Waals surface area contributed by atoms with Gasteiger partial charge in [-0.25, -0.2) is 17.2 Å². The maximum atomic E-state index is 12.9. The fourth-order valence-corrected chi connectivity index (χ4v) is 2.27. The molecule has 0 heterocycles. The normalized spacial score (nSPS) is 13.4. The molecule has 0 fully saturated rings. The summed E-state index contributed by atoms with van der Waals surface area (Å²) in [7, 11) is -4.23. The number of halogens is 4.